The maximum absolute atomic E-state index is 13.2. The topological polar surface area (TPSA) is 46.4 Å². The van der Waals surface area contributed by atoms with Crippen molar-refractivity contribution in [2.75, 3.05) is 45.2 Å². The van der Waals surface area contributed by atoms with Crippen LogP contribution in [0.4, 0.5) is 18.9 Å². The largest absolute Gasteiger partial charge is 0.479 e. The molecule has 1 aromatic carbocycles. The fourth-order valence-electron chi connectivity index (χ4n) is 3.63. The lowest BCUT2D eigenvalue weighted by Gasteiger charge is -2.34. The molecule has 27 heavy (non-hydrogen) atoms. The fourth-order valence-corrected chi connectivity index (χ4v) is 3.63. The van der Waals surface area contributed by atoms with Gasteiger partial charge in [0.25, 0.3) is 0 Å². The molecule has 1 aliphatic heterocycles. The lowest BCUT2D eigenvalue weighted by molar-refractivity contribution is -0.139. The number of alkyl halides is 3. The third-order valence-electron chi connectivity index (χ3n) is 4.98. The lowest BCUT2D eigenvalue weighted by Crippen LogP contribution is -2.44. The monoisotopic (exact) mass is 379 g/mol. The van der Waals surface area contributed by atoms with Gasteiger partial charge in [-0.15, -0.1) is 0 Å². The molecule has 4 rings (SSSR count). The second kappa shape index (κ2) is 6.56. The molecule has 0 atom stereocenters. The predicted octanol–water partition coefficient (Wildman–Crippen LogP) is 2.91. The summed E-state index contributed by atoms with van der Waals surface area (Å²) < 4.78 is 46.0. The van der Waals surface area contributed by atoms with Crippen LogP contribution in [0.1, 0.15) is 0 Å². The van der Waals surface area contributed by atoms with Crippen molar-refractivity contribution in [2.45, 2.75) is 12.7 Å². The van der Waals surface area contributed by atoms with Crippen LogP contribution in [0.2, 0.25) is 0 Å². The van der Waals surface area contributed by atoms with Gasteiger partial charge in [-0.3, -0.25) is 0 Å². The molecule has 144 valence electrons. The second-order valence-corrected chi connectivity index (χ2v) is 6.77. The summed E-state index contributed by atoms with van der Waals surface area (Å²) in [5.41, 5.74) is 2.19. The van der Waals surface area contributed by atoms with Gasteiger partial charge in [-0.1, -0.05) is 0 Å². The quantitative estimate of drug-likeness (QED) is 0.700. The van der Waals surface area contributed by atoms with Crippen molar-refractivity contribution in [3.63, 3.8) is 0 Å². The highest BCUT2D eigenvalue weighted by molar-refractivity contribution is 6.08. The van der Waals surface area contributed by atoms with Crippen molar-refractivity contribution in [1.82, 2.24) is 19.4 Å². The summed E-state index contributed by atoms with van der Waals surface area (Å²) in [6.45, 7) is 2.53. The van der Waals surface area contributed by atoms with E-state index in [4.69, 9.17) is 4.74 Å². The Kier molecular flexibility index (Phi) is 4.33. The van der Waals surface area contributed by atoms with E-state index >= 15 is 0 Å². The van der Waals surface area contributed by atoms with Gasteiger partial charge in [0, 0.05) is 37.3 Å². The summed E-state index contributed by atoms with van der Waals surface area (Å²) in [4.78, 5) is 12.7. The Bertz CT molecular complexity index is 976. The second-order valence-electron chi connectivity index (χ2n) is 6.77. The molecule has 0 unspecified atom stereocenters. The predicted molar refractivity (Wildman–Crippen MR) is 97.4 cm³/mol. The number of piperazine rings is 1. The van der Waals surface area contributed by atoms with Crippen LogP contribution in [-0.4, -0.2) is 65.9 Å². The number of likely N-dealkylation sites (N-methyl/N-ethyl adjacent to an activating group) is 1. The van der Waals surface area contributed by atoms with Crippen molar-refractivity contribution in [3.05, 3.63) is 24.5 Å². The zero-order chi connectivity index (χ0) is 19.2. The minimum Gasteiger partial charge on any atom is -0.479 e. The van der Waals surface area contributed by atoms with E-state index in [1.165, 1.54) is 18.0 Å². The number of nitrogens with zero attached hydrogens (tertiary/aromatic N) is 5. The van der Waals surface area contributed by atoms with Crippen LogP contribution < -0.4 is 9.64 Å². The number of rotatable bonds is 3. The molecule has 2 aromatic heterocycles. The first kappa shape index (κ1) is 17.8. The SMILES string of the molecule is COc1ncnc2c3cc(N4CCN(C)CC4)ccc3n(CC(F)(F)F)c12. The summed E-state index contributed by atoms with van der Waals surface area (Å²) in [5, 5.41) is 0.673. The van der Waals surface area contributed by atoms with Crippen molar-refractivity contribution in [3.8, 4) is 5.88 Å². The van der Waals surface area contributed by atoms with Gasteiger partial charge in [0.1, 0.15) is 23.9 Å². The Hall–Kier alpha value is -2.55. The molecule has 6 nitrogen and oxygen atoms in total. The van der Waals surface area contributed by atoms with Gasteiger partial charge in [-0.05, 0) is 25.2 Å². The minimum absolute atomic E-state index is 0.140. The third kappa shape index (κ3) is 3.27. The Morgan fingerprint density at radius 3 is 2.52 bits per heavy atom. The van der Waals surface area contributed by atoms with E-state index in [0.29, 0.717) is 16.4 Å². The van der Waals surface area contributed by atoms with Crippen LogP contribution in [0.3, 0.4) is 0 Å². The first-order valence-electron chi connectivity index (χ1n) is 8.68. The molecule has 0 amide bonds. The maximum atomic E-state index is 13.2. The summed E-state index contributed by atoms with van der Waals surface area (Å²) in [7, 11) is 3.47. The van der Waals surface area contributed by atoms with Crippen LogP contribution in [-0.2, 0) is 6.54 Å². The van der Waals surface area contributed by atoms with Crippen LogP contribution in [0, 0.1) is 0 Å². The molecule has 0 spiro atoms. The van der Waals surface area contributed by atoms with E-state index in [9.17, 15) is 13.2 Å². The number of ether oxygens (including phenoxy) is 1. The Labute approximate surface area is 154 Å². The fraction of sp³-hybridized carbons (Fsp3) is 0.444. The number of anilines is 1. The zero-order valence-corrected chi connectivity index (χ0v) is 15.1. The molecule has 9 heteroatoms. The number of hydrogen-bond acceptors (Lipinski definition) is 5. The maximum Gasteiger partial charge on any atom is 0.406 e. The van der Waals surface area contributed by atoms with Crippen molar-refractivity contribution >= 4 is 27.6 Å². The summed E-state index contributed by atoms with van der Waals surface area (Å²) >= 11 is 0. The average Bonchev–Trinajstić information content (AvgIpc) is 2.94. The Morgan fingerprint density at radius 2 is 1.85 bits per heavy atom. The number of fused-ring (bicyclic) bond motifs is 3. The third-order valence-corrected chi connectivity index (χ3v) is 4.98. The van der Waals surface area contributed by atoms with Crippen LogP contribution in [0.15, 0.2) is 24.5 Å². The van der Waals surface area contributed by atoms with Gasteiger partial charge in [-0.25, -0.2) is 4.98 Å². The summed E-state index contributed by atoms with van der Waals surface area (Å²) in [6, 6.07) is 5.53. The Morgan fingerprint density at radius 1 is 1.11 bits per heavy atom. The minimum atomic E-state index is -4.37. The molecular formula is C18H20F3N5O. The van der Waals surface area contributed by atoms with E-state index < -0.39 is 12.7 Å². The average molecular weight is 379 g/mol. The molecule has 1 aliphatic rings. The van der Waals surface area contributed by atoms with Crippen LogP contribution >= 0.6 is 0 Å². The highest BCUT2D eigenvalue weighted by atomic mass is 19.4. The summed E-state index contributed by atoms with van der Waals surface area (Å²) in [5.74, 6) is 0.140. The van der Waals surface area contributed by atoms with E-state index in [1.54, 1.807) is 6.07 Å². The van der Waals surface area contributed by atoms with E-state index in [-0.39, 0.29) is 11.4 Å². The standard InChI is InChI=1S/C18H20F3N5O/c1-24-5-7-25(8-6-24)12-3-4-14-13(9-12)15-16(17(27-2)23-11-22-15)26(14)10-18(19,20)21/h3-4,9,11H,5-8,10H2,1-2H3. The molecule has 0 saturated carbocycles. The highest BCUT2D eigenvalue weighted by Gasteiger charge is 2.31. The molecule has 0 radical (unpaired) electrons. The van der Waals surface area contributed by atoms with E-state index in [0.717, 1.165) is 31.9 Å². The van der Waals surface area contributed by atoms with Crippen LogP contribution in [0.5, 0.6) is 5.88 Å². The van der Waals surface area contributed by atoms with Crippen molar-refractivity contribution in [2.24, 2.45) is 0 Å². The molecule has 0 bridgehead atoms. The van der Waals surface area contributed by atoms with E-state index in [1.807, 2.05) is 12.1 Å². The van der Waals surface area contributed by atoms with Gasteiger partial charge in [0.05, 0.1) is 12.6 Å². The number of hydrogen-bond donors (Lipinski definition) is 0. The molecule has 1 fully saturated rings. The number of methoxy groups -OCH3 is 1. The lowest BCUT2D eigenvalue weighted by atomic mass is 10.2. The number of benzene rings is 1. The first-order chi connectivity index (χ1) is 12.9. The number of aromatic nitrogens is 3. The molecular weight excluding hydrogens is 359 g/mol. The summed E-state index contributed by atoms with van der Waals surface area (Å²) in [6.07, 6.45) is -3.04. The van der Waals surface area contributed by atoms with Gasteiger partial charge in [0.2, 0.25) is 5.88 Å². The van der Waals surface area contributed by atoms with Gasteiger partial charge in [0.15, 0.2) is 0 Å². The van der Waals surface area contributed by atoms with E-state index in [2.05, 4.69) is 26.8 Å². The van der Waals surface area contributed by atoms with Gasteiger partial charge < -0.3 is 19.1 Å². The molecule has 3 aromatic rings. The van der Waals surface area contributed by atoms with Crippen molar-refractivity contribution < 1.29 is 17.9 Å². The molecule has 3 heterocycles. The Balaban J connectivity index is 1.90. The molecule has 0 aliphatic carbocycles. The molecule has 1 saturated heterocycles. The zero-order valence-electron chi connectivity index (χ0n) is 15.1. The van der Waals surface area contributed by atoms with Gasteiger partial charge in [-0.2, -0.15) is 18.2 Å². The normalized spacial score (nSPS) is 16.4. The number of halogens is 3. The molecule has 0 N–H and O–H groups in total. The van der Waals surface area contributed by atoms with Gasteiger partial charge >= 0.3 is 6.18 Å². The van der Waals surface area contributed by atoms with Crippen LogP contribution in [0.25, 0.3) is 21.9 Å². The van der Waals surface area contributed by atoms with Crippen molar-refractivity contribution in [1.29, 1.82) is 0 Å². The smallest absolute Gasteiger partial charge is 0.406 e. The highest BCUT2D eigenvalue weighted by Crippen LogP contribution is 2.36. The first-order valence-corrected chi connectivity index (χ1v) is 8.68.